The number of benzene rings is 3. The number of aryl methyl sites for hydroxylation is 1. The molecule has 0 fully saturated rings. The predicted molar refractivity (Wildman–Crippen MR) is 99.2 cm³/mol. The summed E-state index contributed by atoms with van der Waals surface area (Å²) in [5, 5.41) is 5.44. The lowest BCUT2D eigenvalue weighted by Crippen LogP contribution is -3.08. The molecule has 0 aliphatic rings. The quantitative estimate of drug-likeness (QED) is 0.745. The van der Waals surface area contributed by atoms with Gasteiger partial charge < -0.3 is 10.2 Å². The van der Waals surface area contributed by atoms with Crippen molar-refractivity contribution in [3.05, 3.63) is 77.9 Å². The van der Waals surface area contributed by atoms with Crippen LogP contribution in [0.5, 0.6) is 0 Å². The minimum Gasteiger partial charge on any atom is -0.326 e. The van der Waals surface area contributed by atoms with Gasteiger partial charge in [-0.3, -0.25) is 4.79 Å². The van der Waals surface area contributed by atoms with Crippen molar-refractivity contribution in [2.45, 2.75) is 13.5 Å². The van der Waals surface area contributed by atoms with Crippen molar-refractivity contribution in [1.29, 1.82) is 0 Å². The number of nitrogens with one attached hydrogen (secondary N) is 2. The van der Waals surface area contributed by atoms with Gasteiger partial charge in [0.1, 0.15) is 6.54 Å². The first kappa shape index (κ1) is 16.2. The van der Waals surface area contributed by atoms with Gasteiger partial charge in [-0.2, -0.15) is 0 Å². The Morgan fingerprint density at radius 1 is 0.958 bits per heavy atom. The molecule has 0 aliphatic carbocycles. The molecule has 0 radical (unpaired) electrons. The smallest absolute Gasteiger partial charge is 0.279 e. The second kappa shape index (κ2) is 7.28. The fourth-order valence-corrected chi connectivity index (χ4v) is 2.88. The van der Waals surface area contributed by atoms with Gasteiger partial charge in [0.25, 0.3) is 5.91 Å². The van der Waals surface area contributed by atoms with Crippen molar-refractivity contribution in [3.8, 4) is 0 Å². The molecule has 3 aromatic rings. The van der Waals surface area contributed by atoms with E-state index < -0.39 is 0 Å². The predicted octanol–water partition coefficient (Wildman–Crippen LogP) is 2.80. The van der Waals surface area contributed by atoms with Crippen molar-refractivity contribution < 1.29 is 9.69 Å². The number of likely N-dealkylation sites (N-methyl/N-ethyl adjacent to an activating group) is 1. The summed E-state index contributed by atoms with van der Waals surface area (Å²) in [5.74, 6) is 0.0390. The van der Waals surface area contributed by atoms with Crippen LogP contribution in [0.25, 0.3) is 10.8 Å². The summed E-state index contributed by atoms with van der Waals surface area (Å²) in [4.78, 5) is 13.3. The maximum atomic E-state index is 12.2. The van der Waals surface area contributed by atoms with Crippen molar-refractivity contribution in [2.24, 2.45) is 0 Å². The Labute approximate surface area is 142 Å². The van der Waals surface area contributed by atoms with Gasteiger partial charge in [0.05, 0.1) is 7.05 Å². The van der Waals surface area contributed by atoms with E-state index in [1.165, 1.54) is 21.9 Å². The highest BCUT2D eigenvalue weighted by Gasteiger charge is 2.11. The number of carbonyl (C=O) groups excluding carboxylic acids is 1. The Bertz CT molecular complexity index is 840. The summed E-state index contributed by atoms with van der Waals surface area (Å²) in [6.07, 6.45) is 0. The summed E-state index contributed by atoms with van der Waals surface area (Å²) in [6, 6.07) is 22.7. The number of fused-ring (bicyclic) bond motifs is 1. The van der Waals surface area contributed by atoms with Gasteiger partial charge in [-0.15, -0.1) is 0 Å². The molecule has 2 N–H and O–H groups in total. The van der Waals surface area contributed by atoms with Crippen LogP contribution in [0.1, 0.15) is 11.1 Å². The van der Waals surface area contributed by atoms with Gasteiger partial charge >= 0.3 is 0 Å². The molecular weight excluding hydrogens is 296 g/mol. The Hall–Kier alpha value is -2.65. The van der Waals surface area contributed by atoms with Gasteiger partial charge in [0, 0.05) is 11.3 Å². The first-order valence-corrected chi connectivity index (χ1v) is 8.26. The molecule has 0 saturated heterocycles. The summed E-state index contributed by atoms with van der Waals surface area (Å²) in [7, 11) is 2.05. The van der Waals surface area contributed by atoms with E-state index in [2.05, 4.69) is 47.8 Å². The largest absolute Gasteiger partial charge is 0.326 e. The average Bonchev–Trinajstić information content (AvgIpc) is 2.56. The van der Waals surface area contributed by atoms with Crippen LogP contribution in [0.3, 0.4) is 0 Å². The van der Waals surface area contributed by atoms with Crippen LogP contribution in [0, 0.1) is 6.92 Å². The van der Waals surface area contributed by atoms with Gasteiger partial charge in [-0.1, -0.05) is 54.1 Å². The Morgan fingerprint density at radius 3 is 2.42 bits per heavy atom. The van der Waals surface area contributed by atoms with Gasteiger partial charge in [-0.05, 0) is 35.9 Å². The number of carbonyl (C=O) groups is 1. The molecule has 0 saturated carbocycles. The van der Waals surface area contributed by atoms with Gasteiger partial charge in [-0.25, -0.2) is 0 Å². The molecular formula is C21H23N2O+. The fraction of sp³-hybridized carbons (Fsp3) is 0.190. The number of quaternary nitrogens is 1. The fourth-order valence-electron chi connectivity index (χ4n) is 2.88. The monoisotopic (exact) mass is 319 g/mol. The number of hydrogen-bond donors (Lipinski definition) is 2. The topological polar surface area (TPSA) is 33.5 Å². The van der Waals surface area contributed by atoms with E-state index in [1.807, 2.05) is 38.2 Å². The minimum absolute atomic E-state index is 0.0390. The van der Waals surface area contributed by atoms with E-state index in [4.69, 9.17) is 0 Å². The number of anilines is 1. The normalized spacial score (nSPS) is 12.1. The highest BCUT2D eigenvalue weighted by Crippen LogP contribution is 2.15. The molecule has 0 bridgehead atoms. The van der Waals surface area contributed by atoms with Crippen molar-refractivity contribution in [3.63, 3.8) is 0 Å². The van der Waals surface area contributed by atoms with Crippen molar-refractivity contribution >= 4 is 22.4 Å². The van der Waals surface area contributed by atoms with Crippen LogP contribution in [0.2, 0.25) is 0 Å². The zero-order valence-corrected chi connectivity index (χ0v) is 14.2. The minimum atomic E-state index is 0.0390. The van der Waals surface area contributed by atoms with Crippen LogP contribution < -0.4 is 10.2 Å². The number of amides is 1. The molecule has 0 aromatic heterocycles. The van der Waals surface area contributed by atoms with Crippen LogP contribution in [-0.4, -0.2) is 19.5 Å². The summed E-state index contributed by atoms with van der Waals surface area (Å²) in [6.45, 7) is 3.31. The highest BCUT2D eigenvalue weighted by atomic mass is 16.2. The zero-order valence-electron chi connectivity index (χ0n) is 14.2. The Kier molecular flexibility index (Phi) is 4.92. The average molecular weight is 319 g/mol. The molecule has 24 heavy (non-hydrogen) atoms. The lowest BCUT2D eigenvalue weighted by atomic mass is 10.1. The lowest BCUT2D eigenvalue weighted by Gasteiger charge is -2.14. The number of hydrogen-bond acceptors (Lipinski definition) is 1. The van der Waals surface area contributed by atoms with E-state index >= 15 is 0 Å². The maximum absolute atomic E-state index is 12.2. The second-order valence-corrected chi connectivity index (χ2v) is 6.41. The van der Waals surface area contributed by atoms with E-state index in [0.29, 0.717) is 6.54 Å². The molecule has 3 aromatic carbocycles. The molecule has 1 unspecified atom stereocenters. The van der Waals surface area contributed by atoms with E-state index in [9.17, 15) is 4.79 Å². The standard InChI is InChI=1S/C21H22N2O/c1-16-7-11-20(12-8-16)22-21(24)15-23(2)14-17-9-10-18-5-3-4-6-19(18)13-17/h3-13H,14-15H2,1-2H3,(H,22,24)/p+1. The zero-order chi connectivity index (χ0) is 16.9. The van der Waals surface area contributed by atoms with Crippen LogP contribution in [0.15, 0.2) is 66.7 Å². The third-order valence-corrected chi connectivity index (χ3v) is 4.12. The molecule has 3 nitrogen and oxygen atoms in total. The molecule has 0 heterocycles. The maximum Gasteiger partial charge on any atom is 0.279 e. The highest BCUT2D eigenvalue weighted by molar-refractivity contribution is 5.91. The summed E-state index contributed by atoms with van der Waals surface area (Å²) >= 11 is 0. The molecule has 0 aliphatic heterocycles. The van der Waals surface area contributed by atoms with E-state index in [0.717, 1.165) is 17.1 Å². The van der Waals surface area contributed by atoms with Crippen LogP contribution in [-0.2, 0) is 11.3 Å². The van der Waals surface area contributed by atoms with E-state index in [1.54, 1.807) is 0 Å². The third kappa shape index (κ3) is 4.21. The Morgan fingerprint density at radius 2 is 1.67 bits per heavy atom. The molecule has 0 spiro atoms. The molecule has 122 valence electrons. The van der Waals surface area contributed by atoms with Crippen LogP contribution in [0.4, 0.5) is 5.69 Å². The lowest BCUT2D eigenvalue weighted by molar-refractivity contribution is -0.885. The summed E-state index contributed by atoms with van der Waals surface area (Å²) < 4.78 is 0. The molecule has 1 amide bonds. The first-order valence-electron chi connectivity index (χ1n) is 8.26. The van der Waals surface area contributed by atoms with Gasteiger partial charge in [0.15, 0.2) is 6.54 Å². The van der Waals surface area contributed by atoms with E-state index in [-0.39, 0.29) is 5.91 Å². The summed E-state index contributed by atoms with van der Waals surface area (Å²) in [5.41, 5.74) is 3.28. The first-order chi connectivity index (χ1) is 11.6. The van der Waals surface area contributed by atoms with Gasteiger partial charge in [0.2, 0.25) is 0 Å². The number of rotatable bonds is 5. The van der Waals surface area contributed by atoms with Crippen molar-refractivity contribution in [1.82, 2.24) is 0 Å². The Balaban J connectivity index is 1.58. The third-order valence-electron chi connectivity index (χ3n) is 4.12. The second-order valence-electron chi connectivity index (χ2n) is 6.41. The van der Waals surface area contributed by atoms with Crippen LogP contribution >= 0.6 is 0 Å². The molecule has 3 heteroatoms. The molecule has 3 rings (SSSR count). The van der Waals surface area contributed by atoms with Crippen molar-refractivity contribution in [2.75, 3.05) is 18.9 Å². The SMILES string of the molecule is Cc1ccc(NC(=O)C[NH+](C)Cc2ccc3ccccc3c2)cc1. The molecule has 1 atom stereocenters.